The summed E-state index contributed by atoms with van der Waals surface area (Å²) in [4.78, 5) is 48.2. The van der Waals surface area contributed by atoms with Gasteiger partial charge in [-0.3, -0.25) is 14.4 Å². The van der Waals surface area contributed by atoms with Gasteiger partial charge in [-0.2, -0.15) is 0 Å². The summed E-state index contributed by atoms with van der Waals surface area (Å²) in [5, 5.41) is 9.73. The Bertz CT molecular complexity index is 1350. The fraction of sp³-hybridized carbons (Fsp3) is 0.441. The van der Waals surface area contributed by atoms with Crippen molar-refractivity contribution in [3.8, 4) is 0 Å². The van der Waals surface area contributed by atoms with Crippen LogP contribution in [0, 0.1) is 11.8 Å². The molecular weight excluding hydrogens is 566 g/mol. The standard InChI is InChI=1S/C34H40ClN3O5/c1-3-19-36(23-24-13-7-5-8-14-24)31(40)28-27-17-18-34(43-27)29(28)32(41)38(21-11-6-12-22-39)30(34)33(42)37(20-4-2)26-16-10-9-15-25(26)35/h3-5,7-10,13-16,27-30,39H,1-2,6,11-12,17-23H2/t27-,28+,29+,30?,34?/m1/s1. The SMILES string of the molecule is C=CCN(Cc1ccccc1)C(=O)[C@@H]1[C@H]2C(=O)N(CCCCCO)C(C(=O)N(CC=C)c3ccccc3Cl)C23CC[C@H]1O3. The summed E-state index contributed by atoms with van der Waals surface area (Å²) in [7, 11) is 0. The van der Waals surface area contributed by atoms with E-state index in [1.807, 2.05) is 36.4 Å². The number of aliphatic hydroxyl groups is 1. The third kappa shape index (κ3) is 5.76. The Hall–Kier alpha value is -3.46. The molecule has 0 radical (unpaired) electrons. The second-order valence-corrected chi connectivity index (χ2v) is 12.0. The minimum Gasteiger partial charge on any atom is -0.396 e. The molecule has 2 aromatic rings. The lowest BCUT2D eigenvalue weighted by molar-refractivity contribution is -0.145. The van der Waals surface area contributed by atoms with Crippen molar-refractivity contribution in [2.45, 2.75) is 56.4 Å². The lowest BCUT2D eigenvalue weighted by Crippen LogP contribution is -2.56. The van der Waals surface area contributed by atoms with E-state index in [0.717, 1.165) is 5.56 Å². The Balaban J connectivity index is 1.51. The van der Waals surface area contributed by atoms with Crippen LogP contribution in [0.2, 0.25) is 5.02 Å². The van der Waals surface area contributed by atoms with Crippen LogP contribution in [0.25, 0.3) is 0 Å². The molecule has 3 aliphatic heterocycles. The number of benzene rings is 2. The third-order valence-corrected chi connectivity index (χ3v) is 9.29. The first kappa shape index (κ1) is 31.0. The molecular formula is C34H40ClN3O5. The van der Waals surface area contributed by atoms with E-state index in [9.17, 15) is 19.5 Å². The van der Waals surface area contributed by atoms with Gasteiger partial charge < -0.3 is 24.5 Å². The molecule has 3 saturated heterocycles. The molecule has 3 fully saturated rings. The average Bonchev–Trinajstić information content (AvgIpc) is 3.65. The van der Waals surface area contributed by atoms with Crippen molar-refractivity contribution in [1.29, 1.82) is 0 Å². The van der Waals surface area contributed by atoms with Crippen molar-refractivity contribution in [3.63, 3.8) is 0 Å². The molecule has 3 amide bonds. The van der Waals surface area contributed by atoms with E-state index in [2.05, 4.69) is 13.2 Å². The molecule has 1 spiro atoms. The van der Waals surface area contributed by atoms with Crippen LogP contribution in [0.5, 0.6) is 0 Å². The maximum absolute atomic E-state index is 14.6. The highest BCUT2D eigenvalue weighted by Gasteiger charge is 2.74. The topological polar surface area (TPSA) is 90.4 Å². The minimum atomic E-state index is -1.12. The Labute approximate surface area is 258 Å². The zero-order valence-electron chi connectivity index (χ0n) is 24.4. The summed E-state index contributed by atoms with van der Waals surface area (Å²) in [5.74, 6) is -2.15. The van der Waals surface area contributed by atoms with Crippen molar-refractivity contribution in [2.24, 2.45) is 11.8 Å². The number of carbonyl (C=O) groups is 3. The number of fused-ring (bicyclic) bond motifs is 1. The van der Waals surface area contributed by atoms with Crippen LogP contribution < -0.4 is 4.90 Å². The Morgan fingerprint density at radius 3 is 2.44 bits per heavy atom. The summed E-state index contributed by atoms with van der Waals surface area (Å²) >= 11 is 6.55. The zero-order chi connectivity index (χ0) is 30.6. The molecule has 0 aliphatic carbocycles. The predicted octanol–water partition coefficient (Wildman–Crippen LogP) is 4.61. The zero-order valence-corrected chi connectivity index (χ0v) is 25.2. The first-order valence-corrected chi connectivity index (χ1v) is 15.4. The van der Waals surface area contributed by atoms with Gasteiger partial charge in [0.1, 0.15) is 11.6 Å². The van der Waals surface area contributed by atoms with Gasteiger partial charge in [-0.05, 0) is 49.8 Å². The number of hydrogen-bond donors (Lipinski definition) is 1. The van der Waals surface area contributed by atoms with E-state index in [1.165, 1.54) is 0 Å². The number of halogens is 1. The normalized spacial score (nSPS) is 25.4. The number of unbranched alkanes of at least 4 members (excludes halogenated alkanes) is 2. The maximum Gasteiger partial charge on any atom is 0.253 e. The van der Waals surface area contributed by atoms with Crippen molar-refractivity contribution < 1.29 is 24.2 Å². The van der Waals surface area contributed by atoms with Crippen molar-refractivity contribution in [3.05, 3.63) is 90.5 Å². The number of amides is 3. The number of rotatable bonds is 14. The van der Waals surface area contributed by atoms with Crippen LogP contribution in [0.1, 0.15) is 37.7 Å². The van der Waals surface area contributed by atoms with E-state index in [4.69, 9.17) is 16.3 Å². The number of ether oxygens (including phenoxy) is 1. The minimum absolute atomic E-state index is 0.0599. The number of aliphatic hydroxyl groups excluding tert-OH is 1. The molecule has 2 aromatic carbocycles. The molecule has 8 nitrogen and oxygen atoms in total. The highest BCUT2D eigenvalue weighted by molar-refractivity contribution is 6.34. The molecule has 2 unspecified atom stereocenters. The van der Waals surface area contributed by atoms with Gasteiger partial charge >= 0.3 is 0 Å². The van der Waals surface area contributed by atoms with Gasteiger partial charge in [0, 0.05) is 32.8 Å². The quantitative estimate of drug-likeness (QED) is 0.251. The molecule has 5 rings (SSSR count). The Kier molecular flexibility index (Phi) is 9.69. The molecule has 0 saturated carbocycles. The summed E-state index contributed by atoms with van der Waals surface area (Å²) in [6.07, 6.45) is 5.89. The van der Waals surface area contributed by atoms with E-state index in [0.29, 0.717) is 62.4 Å². The first-order chi connectivity index (χ1) is 20.9. The van der Waals surface area contributed by atoms with Gasteiger partial charge in [-0.15, -0.1) is 13.2 Å². The van der Waals surface area contributed by atoms with Crippen LogP contribution in [0.4, 0.5) is 5.69 Å². The monoisotopic (exact) mass is 605 g/mol. The largest absolute Gasteiger partial charge is 0.396 e. The van der Waals surface area contributed by atoms with E-state index in [-0.39, 0.29) is 30.9 Å². The second-order valence-electron chi connectivity index (χ2n) is 11.6. The number of para-hydroxylation sites is 1. The van der Waals surface area contributed by atoms with Gasteiger partial charge in [0.25, 0.3) is 5.91 Å². The van der Waals surface area contributed by atoms with Crippen LogP contribution in [-0.2, 0) is 25.7 Å². The predicted molar refractivity (Wildman–Crippen MR) is 166 cm³/mol. The number of hydrogen-bond acceptors (Lipinski definition) is 5. The average molecular weight is 606 g/mol. The number of nitrogens with zero attached hydrogens (tertiary/aromatic N) is 3. The summed E-state index contributed by atoms with van der Waals surface area (Å²) < 4.78 is 6.67. The summed E-state index contributed by atoms with van der Waals surface area (Å²) in [6, 6.07) is 15.9. The van der Waals surface area contributed by atoms with Gasteiger partial charge in [0.15, 0.2) is 0 Å². The van der Waals surface area contributed by atoms with Gasteiger partial charge in [-0.25, -0.2) is 0 Å². The summed E-state index contributed by atoms with van der Waals surface area (Å²) in [5.41, 5.74) is 0.387. The van der Waals surface area contributed by atoms with Crippen molar-refractivity contribution in [1.82, 2.24) is 9.80 Å². The Morgan fingerprint density at radius 1 is 1.02 bits per heavy atom. The Morgan fingerprint density at radius 2 is 1.74 bits per heavy atom. The molecule has 1 N–H and O–H groups in total. The lowest BCUT2D eigenvalue weighted by Gasteiger charge is -2.37. The van der Waals surface area contributed by atoms with Crippen LogP contribution >= 0.6 is 11.6 Å². The number of likely N-dealkylation sites (tertiary alicyclic amines) is 1. The van der Waals surface area contributed by atoms with Crippen molar-refractivity contribution in [2.75, 3.05) is 31.1 Å². The maximum atomic E-state index is 14.6. The van der Waals surface area contributed by atoms with Gasteiger partial charge in [0.05, 0.1) is 28.6 Å². The molecule has 0 aromatic heterocycles. The highest BCUT2D eigenvalue weighted by atomic mass is 35.5. The van der Waals surface area contributed by atoms with Crippen LogP contribution in [0.3, 0.4) is 0 Å². The molecule has 43 heavy (non-hydrogen) atoms. The first-order valence-electron chi connectivity index (χ1n) is 15.1. The van der Waals surface area contributed by atoms with Gasteiger partial charge in [-0.1, -0.05) is 66.2 Å². The molecule has 9 heteroatoms. The molecule has 3 aliphatic rings. The van der Waals surface area contributed by atoms with Crippen LogP contribution in [-0.4, -0.2) is 76.6 Å². The van der Waals surface area contributed by atoms with E-state index in [1.54, 1.807) is 45.1 Å². The summed E-state index contributed by atoms with van der Waals surface area (Å²) in [6.45, 7) is 9.02. The third-order valence-electron chi connectivity index (χ3n) is 8.97. The number of anilines is 1. The van der Waals surface area contributed by atoms with E-state index < -0.39 is 29.6 Å². The molecule has 5 atom stereocenters. The fourth-order valence-electron chi connectivity index (χ4n) is 7.18. The van der Waals surface area contributed by atoms with Gasteiger partial charge in [0.2, 0.25) is 11.8 Å². The smallest absolute Gasteiger partial charge is 0.253 e. The molecule has 3 heterocycles. The van der Waals surface area contributed by atoms with Crippen LogP contribution in [0.15, 0.2) is 79.9 Å². The fourth-order valence-corrected chi connectivity index (χ4v) is 7.42. The highest BCUT2D eigenvalue weighted by Crippen LogP contribution is 2.59. The molecule has 228 valence electrons. The van der Waals surface area contributed by atoms with E-state index >= 15 is 0 Å². The van der Waals surface area contributed by atoms with Crippen molar-refractivity contribution >= 4 is 35.0 Å². The lowest BCUT2D eigenvalue weighted by atomic mass is 9.70. The second kappa shape index (κ2) is 13.5. The molecule has 2 bridgehead atoms. The number of carbonyl (C=O) groups excluding carboxylic acids is 3.